The van der Waals surface area contributed by atoms with Crippen LogP contribution in [0.25, 0.3) is 10.9 Å². The lowest BCUT2D eigenvalue weighted by atomic mass is 9.86. The molecule has 0 saturated heterocycles. The molecular formula is C18H24N2O. The molecule has 3 nitrogen and oxygen atoms in total. The van der Waals surface area contributed by atoms with Gasteiger partial charge in [0.2, 0.25) is 0 Å². The van der Waals surface area contributed by atoms with Crippen LogP contribution in [-0.4, -0.2) is 28.1 Å². The van der Waals surface area contributed by atoms with Crippen LogP contribution in [-0.2, 0) is 18.6 Å². The first kappa shape index (κ1) is 14.5. The number of benzene rings is 1. The first-order chi connectivity index (χ1) is 9.90. The molecule has 2 aromatic rings. The van der Waals surface area contributed by atoms with Crippen molar-refractivity contribution in [2.45, 2.75) is 46.3 Å². The van der Waals surface area contributed by atoms with Crippen LogP contribution in [0.1, 0.15) is 43.2 Å². The maximum absolute atomic E-state index is 10.7. The van der Waals surface area contributed by atoms with Gasteiger partial charge in [-0.2, -0.15) is 0 Å². The Morgan fingerprint density at radius 2 is 2.10 bits per heavy atom. The summed E-state index contributed by atoms with van der Waals surface area (Å²) in [6, 6.07) is 6.32. The van der Waals surface area contributed by atoms with Crippen molar-refractivity contribution < 1.29 is 5.11 Å². The quantitative estimate of drug-likeness (QED) is 0.920. The monoisotopic (exact) mass is 284 g/mol. The molecule has 0 unspecified atom stereocenters. The fourth-order valence-corrected chi connectivity index (χ4v) is 3.38. The third-order valence-corrected chi connectivity index (χ3v) is 4.43. The molecule has 3 rings (SSSR count). The largest absolute Gasteiger partial charge is 0.386 e. The summed E-state index contributed by atoms with van der Waals surface area (Å²) in [5.74, 6) is 0. The van der Waals surface area contributed by atoms with E-state index in [2.05, 4.69) is 36.9 Å². The summed E-state index contributed by atoms with van der Waals surface area (Å²) in [5, 5.41) is 11.8. The fraction of sp³-hybridized carbons (Fsp3) is 0.500. The van der Waals surface area contributed by atoms with Gasteiger partial charge in [-0.15, -0.1) is 0 Å². The SMILES string of the molecule is CCN1CCc2nc3ccc(C)cc3c(C(C)(C)O)c2C1. The van der Waals surface area contributed by atoms with E-state index in [0.717, 1.165) is 48.2 Å². The highest BCUT2D eigenvalue weighted by Crippen LogP contribution is 2.35. The number of nitrogens with zero attached hydrogens (tertiary/aromatic N) is 2. The minimum Gasteiger partial charge on any atom is -0.386 e. The van der Waals surface area contributed by atoms with Crippen molar-refractivity contribution >= 4 is 10.9 Å². The third-order valence-electron chi connectivity index (χ3n) is 4.43. The first-order valence-electron chi connectivity index (χ1n) is 7.77. The van der Waals surface area contributed by atoms with Gasteiger partial charge >= 0.3 is 0 Å². The number of hydrogen-bond donors (Lipinski definition) is 1. The first-order valence-corrected chi connectivity index (χ1v) is 7.77. The van der Waals surface area contributed by atoms with Crippen LogP contribution in [0.2, 0.25) is 0 Å². The summed E-state index contributed by atoms with van der Waals surface area (Å²) >= 11 is 0. The molecule has 1 aliphatic rings. The Kier molecular flexibility index (Phi) is 3.50. The number of hydrogen-bond acceptors (Lipinski definition) is 3. The number of aromatic nitrogens is 1. The number of aryl methyl sites for hydroxylation is 1. The van der Waals surface area contributed by atoms with Crippen molar-refractivity contribution in [2.75, 3.05) is 13.1 Å². The minimum absolute atomic E-state index is 0.851. The molecule has 0 radical (unpaired) electrons. The second-order valence-electron chi connectivity index (χ2n) is 6.61. The molecule has 1 N–H and O–H groups in total. The zero-order valence-corrected chi connectivity index (χ0v) is 13.4. The number of rotatable bonds is 2. The molecule has 1 aromatic carbocycles. The van der Waals surface area contributed by atoms with Gasteiger partial charge in [-0.1, -0.05) is 18.6 Å². The molecule has 0 amide bonds. The molecule has 1 aliphatic heterocycles. The molecule has 0 spiro atoms. The Hall–Kier alpha value is -1.45. The van der Waals surface area contributed by atoms with Crippen molar-refractivity contribution in [3.05, 3.63) is 40.6 Å². The van der Waals surface area contributed by atoms with Gasteiger partial charge in [-0.3, -0.25) is 9.88 Å². The average molecular weight is 284 g/mol. The van der Waals surface area contributed by atoms with E-state index in [-0.39, 0.29) is 0 Å². The lowest BCUT2D eigenvalue weighted by Gasteiger charge is -2.33. The number of aliphatic hydroxyl groups is 1. The lowest BCUT2D eigenvalue weighted by molar-refractivity contribution is 0.0775. The zero-order chi connectivity index (χ0) is 15.2. The Bertz CT molecular complexity index is 686. The molecule has 0 bridgehead atoms. The van der Waals surface area contributed by atoms with Crippen molar-refractivity contribution in [3.8, 4) is 0 Å². The van der Waals surface area contributed by atoms with Gasteiger partial charge in [-0.25, -0.2) is 0 Å². The second kappa shape index (κ2) is 5.08. The van der Waals surface area contributed by atoms with E-state index in [1.54, 1.807) is 0 Å². The van der Waals surface area contributed by atoms with E-state index in [1.807, 2.05) is 13.8 Å². The summed E-state index contributed by atoms with van der Waals surface area (Å²) in [6.45, 7) is 11.0. The van der Waals surface area contributed by atoms with Crippen LogP contribution in [0.4, 0.5) is 0 Å². The summed E-state index contributed by atoms with van der Waals surface area (Å²) in [7, 11) is 0. The van der Waals surface area contributed by atoms with Gasteiger partial charge in [0.1, 0.15) is 0 Å². The van der Waals surface area contributed by atoms with E-state index in [1.165, 1.54) is 11.1 Å². The number of fused-ring (bicyclic) bond motifs is 2. The predicted octanol–water partition coefficient (Wildman–Crippen LogP) is 3.15. The third kappa shape index (κ3) is 2.56. The summed E-state index contributed by atoms with van der Waals surface area (Å²) in [4.78, 5) is 7.28. The van der Waals surface area contributed by atoms with E-state index in [0.29, 0.717) is 0 Å². The Morgan fingerprint density at radius 1 is 1.33 bits per heavy atom. The van der Waals surface area contributed by atoms with Gasteiger partial charge in [0.15, 0.2) is 0 Å². The Morgan fingerprint density at radius 3 is 2.76 bits per heavy atom. The lowest BCUT2D eigenvalue weighted by Crippen LogP contribution is -2.33. The molecule has 21 heavy (non-hydrogen) atoms. The van der Waals surface area contributed by atoms with Gasteiger partial charge in [-0.05, 0) is 50.6 Å². The molecule has 0 aliphatic carbocycles. The minimum atomic E-state index is -0.851. The highest BCUT2D eigenvalue weighted by atomic mass is 16.3. The van der Waals surface area contributed by atoms with Gasteiger partial charge in [0.25, 0.3) is 0 Å². The normalized spacial score (nSPS) is 16.2. The van der Waals surface area contributed by atoms with Gasteiger partial charge < -0.3 is 5.11 Å². The number of pyridine rings is 1. The molecule has 0 fully saturated rings. The van der Waals surface area contributed by atoms with Crippen LogP contribution in [0.3, 0.4) is 0 Å². The highest BCUT2D eigenvalue weighted by molar-refractivity contribution is 5.85. The van der Waals surface area contributed by atoms with E-state index < -0.39 is 5.60 Å². The molecule has 2 heterocycles. The van der Waals surface area contributed by atoms with Crippen LogP contribution in [0.5, 0.6) is 0 Å². The van der Waals surface area contributed by atoms with Crippen LogP contribution < -0.4 is 0 Å². The summed E-state index contributed by atoms with van der Waals surface area (Å²) in [6.07, 6.45) is 0.968. The molecule has 0 atom stereocenters. The van der Waals surface area contributed by atoms with Crippen molar-refractivity contribution in [2.24, 2.45) is 0 Å². The Labute approximate surface area is 126 Å². The van der Waals surface area contributed by atoms with Crippen molar-refractivity contribution in [1.82, 2.24) is 9.88 Å². The van der Waals surface area contributed by atoms with E-state index in [9.17, 15) is 5.11 Å². The highest BCUT2D eigenvalue weighted by Gasteiger charge is 2.29. The molecule has 1 aromatic heterocycles. The van der Waals surface area contributed by atoms with E-state index in [4.69, 9.17) is 4.98 Å². The standard InChI is InChI=1S/C18H24N2O/c1-5-20-9-8-16-14(11-20)17(18(3,4)21)13-10-12(2)6-7-15(13)19-16/h6-7,10,21H,5,8-9,11H2,1-4H3. The predicted molar refractivity (Wildman–Crippen MR) is 86.4 cm³/mol. The van der Waals surface area contributed by atoms with Crippen LogP contribution in [0.15, 0.2) is 18.2 Å². The van der Waals surface area contributed by atoms with Gasteiger partial charge in [0, 0.05) is 30.6 Å². The van der Waals surface area contributed by atoms with Crippen LogP contribution >= 0.6 is 0 Å². The molecular weight excluding hydrogens is 260 g/mol. The molecule has 112 valence electrons. The Balaban J connectivity index is 2.32. The summed E-state index contributed by atoms with van der Waals surface area (Å²) in [5.41, 5.74) is 4.81. The molecule has 0 saturated carbocycles. The summed E-state index contributed by atoms with van der Waals surface area (Å²) < 4.78 is 0. The fourth-order valence-electron chi connectivity index (χ4n) is 3.38. The second-order valence-corrected chi connectivity index (χ2v) is 6.61. The van der Waals surface area contributed by atoms with Crippen LogP contribution in [0, 0.1) is 6.92 Å². The van der Waals surface area contributed by atoms with Gasteiger partial charge in [0.05, 0.1) is 11.1 Å². The topological polar surface area (TPSA) is 36.4 Å². The zero-order valence-electron chi connectivity index (χ0n) is 13.4. The average Bonchev–Trinajstić information content (AvgIpc) is 2.42. The van der Waals surface area contributed by atoms with Crippen molar-refractivity contribution in [1.29, 1.82) is 0 Å². The number of likely N-dealkylation sites (N-methyl/N-ethyl adjacent to an activating group) is 1. The smallest absolute Gasteiger partial charge is 0.0850 e. The van der Waals surface area contributed by atoms with Crippen molar-refractivity contribution in [3.63, 3.8) is 0 Å². The maximum Gasteiger partial charge on any atom is 0.0850 e. The molecule has 3 heteroatoms. The van der Waals surface area contributed by atoms with E-state index >= 15 is 0 Å². The maximum atomic E-state index is 10.7.